The number of benzene rings is 3. The number of nitrogens with zero attached hydrogens (tertiary/aromatic N) is 2. The van der Waals surface area contributed by atoms with Crippen LogP contribution in [0.1, 0.15) is 26.3 Å². The molecule has 3 aromatic carbocycles. The summed E-state index contributed by atoms with van der Waals surface area (Å²) >= 11 is 0. The molecule has 0 aliphatic carbocycles. The number of methoxy groups -OCH3 is 1. The van der Waals surface area contributed by atoms with Gasteiger partial charge in [0.2, 0.25) is 11.8 Å². The van der Waals surface area contributed by atoms with Gasteiger partial charge < -0.3 is 19.7 Å². The first-order valence-electron chi connectivity index (χ1n) is 12.7. The summed E-state index contributed by atoms with van der Waals surface area (Å²) in [7, 11) is -2.58. The van der Waals surface area contributed by atoms with Crippen LogP contribution in [0.15, 0.2) is 83.8 Å². The van der Waals surface area contributed by atoms with E-state index in [0.717, 1.165) is 9.87 Å². The Balaban J connectivity index is 1.98. The van der Waals surface area contributed by atoms with Crippen LogP contribution >= 0.6 is 0 Å². The highest BCUT2D eigenvalue weighted by atomic mass is 32.2. The Labute approximate surface area is 230 Å². The van der Waals surface area contributed by atoms with Crippen LogP contribution in [0.4, 0.5) is 5.69 Å². The molecule has 0 spiro atoms. The molecule has 0 saturated carbocycles. The summed E-state index contributed by atoms with van der Waals surface area (Å²) in [5.74, 6) is 0.341. The maximum atomic E-state index is 13.8. The third-order valence-corrected chi connectivity index (χ3v) is 7.86. The summed E-state index contributed by atoms with van der Waals surface area (Å²) in [6.07, 6.45) is 0. The fourth-order valence-corrected chi connectivity index (χ4v) is 5.37. The molecule has 1 atom stereocenters. The van der Waals surface area contributed by atoms with Gasteiger partial charge in [0.1, 0.15) is 24.1 Å². The number of anilines is 1. The van der Waals surface area contributed by atoms with Crippen molar-refractivity contribution in [1.29, 1.82) is 0 Å². The van der Waals surface area contributed by atoms with E-state index in [9.17, 15) is 18.0 Å². The Morgan fingerprint density at radius 1 is 0.897 bits per heavy atom. The van der Waals surface area contributed by atoms with Crippen LogP contribution < -0.4 is 19.1 Å². The summed E-state index contributed by atoms with van der Waals surface area (Å²) in [5, 5.41) is 2.74. The van der Waals surface area contributed by atoms with Crippen LogP contribution in [0.5, 0.6) is 11.5 Å². The van der Waals surface area contributed by atoms with Gasteiger partial charge in [0.25, 0.3) is 10.0 Å². The van der Waals surface area contributed by atoms with Gasteiger partial charge in [0, 0.05) is 13.1 Å². The fraction of sp³-hybridized carbons (Fsp3) is 0.310. The normalized spacial score (nSPS) is 11.8. The molecule has 208 valence electrons. The molecule has 0 saturated heterocycles. The van der Waals surface area contributed by atoms with Crippen LogP contribution in [-0.4, -0.2) is 58.0 Å². The second kappa shape index (κ2) is 13.7. The Hall–Kier alpha value is -4.05. The second-order valence-electron chi connectivity index (χ2n) is 8.69. The Bertz CT molecular complexity index is 1330. The van der Waals surface area contributed by atoms with Crippen molar-refractivity contribution in [1.82, 2.24) is 10.2 Å². The van der Waals surface area contributed by atoms with Crippen molar-refractivity contribution in [2.24, 2.45) is 0 Å². The zero-order valence-corrected chi connectivity index (χ0v) is 23.5. The van der Waals surface area contributed by atoms with E-state index in [1.165, 1.54) is 17.0 Å². The third-order valence-electron chi connectivity index (χ3n) is 6.08. The molecule has 0 aliphatic heterocycles. The molecule has 0 aliphatic rings. The van der Waals surface area contributed by atoms with Crippen LogP contribution in [-0.2, 0) is 26.2 Å². The number of hydrogen-bond acceptors (Lipinski definition) is 6. The second-order valence-corrected chi connectivity index (χ2v) is 10.6. The summed E-state index contributed by atoms with van der Waals surface area (Å²) in [6.45, 7) is 5.71. The number of likely N-dealkylation sites (N-methyl/N-ethyl adjacent to an activating group) is 1. The lowest BCUT2D eigenvalue weighted by atomic mass is 10.1. The van der Waals surface area contributed by atoms with E-state index in [2.05, 4.69) is 5.32 Å². The van der Waals surface area contributed by atoms with Gasteiger partial charge in [-0.3, -0.25) is 13.9 Å². The standard InChI is InChI=1S/C29H35N3O6S/c1-5-30-29(34)22(3)31(20-23-12-14-25(37-4)15-13-23)28(33)21-32(24-10-8-7-9-11-24)39(35,36)27-18-16-26(17-19-27)38-6-2/h7-19,22H,5-6,20-21H2,1-4H3,(H,30,34). The molecule has 0 radical (unpaired) electrons. The molecule has 2 amide bonds. The number of sulfonamides is 1. The Morgan fingerprint density at radius 2 is 1.51 bits per heavy atom. The molecule has 9 nitrogen and oxygen atoms in total. The number of ether oxygens (including phenoxy) is 2. The first-order valence-corrected chi connectivity index (χ1v) is 14.2. The highest BCUT2D eigenvalue weighted by Gasteiger charge is 2.32. The third kappa shape index (κ3) is 7.51. The van der Waals surface area contributed by atoms with Gasteiger partial charge in [-0.1, -0.05) is 30.3 Å². The number of hydrogen-bond donors (Lipinski definition) is 1. The topological polar surface area (TPSA) is 105 Å². The smallest absolute Gasteiger partial charge is 0.264 e. The molecular weight excluding hydrogens is 518 g/mol. The molecule has 0 heterocycles. The number of rotatable bonds is 13. The van der Waals surface area contributed by atoms with Gasteiger partial charge in [-0.2, -0.15) is 0 Å². The molecule has 1 N–H and O–H groups in total. The predicted octanol–water partition coefficient (Wildman–Crippen LogP) is 3.84. The van der Waals surface area contributed by atoms with Crippen molar-refractivity contribution in [2.75, 3.05) is 31.1 Å². The fourth-order valence-electron chi connectivity index (χ4n) is 3.96. The number of amides is 2. The predicted molar refractivity (Wildman–Crippen MR) is 150 cm³/mol. The molecule has 0 fully saturated rings. The van der Waals surface area contributed by atoms with Crippen LogP contribution in [0.25, 0.3) is 0 Å². The molecule has 0 aromatic heterocycles. The van der Waals surface area contributed by atoms with Gasteiger partial charge in [-0.05, 0) is 74.9 Å². The maximum absolute atomic E-state index is 13.8. The lowest BCUT2D eigenvalue weighted by molar-refractivity contribution is -0.139. The number of carbonyl (C=O) groups excluding carboxylic acids is 2. The minimum Gasteiger partial charge on any atom is -0.497 e. The van der Waals surface area contributed by atoms with E-state index in [0.29, 0.717) is 30.3 Å². The van der Waals surface area contributed by atoms with Gasteiger partial charge in [-0.15, -0.1) is 0 Å². The minimum atomic E-state index is -4.14. The quantitative estimate of drug-likeness (QED) is 0.345. The SMILES string of the molecule is CCNC(=O)C(C)N(Cc1ccc(OC)cc1)C(=O)CN(c1ccccc1)S(=O)(=O)c1ccc(OCC)cc1. The average Bonchev–Trinajstić information content (AvgIpc) is 2.95. The van der Waals surface area contributed by atoms with E-state index >= 15 is 0 Å². The zero-order chi connectivity index (χ0) is 28.4. The van der Waals surface area contributed by atoms with Gasteiger partial charge in [0.15, 0.2) is 0 Å². The first-order chi connectivity index (χ1) is 18.7. The lowest BCUT2D eigenvalue weighted by Gasteiger charge is -2.32. The Kier molecular flexibility index (Phi) is 10.3. The van der Waals surface area contributed by atoms with Crippen LogP contribution in [0, 0.1) is 0 Å². The van der Waals surface area contributed by atoms with E-state index < -0.39 is 28.5 Å². The zero-order valence-electron chi connectivity index (χ0n) is 22.7. The monoisotopic (exact) mass is 553 g/mol. The van der Waals surface area contributed by atoms with Gasteiger partial charge >= 0.3 is 0 Å². The first kappa shape index (κ1) is 29.5. The van der Waals surface area contributed by atoms with Crippen molar-refractivity contribution in [2.45, 2.75) is 38.3 Å². The minimum absolute atomic E-state index is 0.0149. The molecule has 0 bridgehead atoms. The van der Waals surface area contributed by atoms with E-state index in [1.54, 1.807) is 87.7 Å². The van der Waals surface area contributed by atoms with E-state index in [1.807, 2.05) is 6.92 Å². The molecule has 1 unspecified atom stereocenters. The molecular formula is C29H35N3O6S. The van der Waals surface area contributed by atoms with Crippen molar-refractivity contribution < 1.29 is 27.5 Å². The number of carbonyl (C=O) groups is 2. The van der Waals surface area contributed by atoms with Crippen molar-refractivity contribution in [3.05, 3.63) is 84.4 Å². The average molecular weight is 554 g/mol. The summed E-state index contributed by atoms with van der Waals surface area (Å²) < 4.78 is 39.4. The molecule has 39 heavy (non-hydrogen) atoms. The summed E-state index contributed by atoms with van der Waals surface area (Å²) in [5.41, 5.74) is 1.09. The van der Waals surface area contributed by atoms with Crippen molar-refractivity contribution in [3.63, 3.8) is 0 Å². The number of para-hydroxylation sites is 1. The molecule has 3 aromatic rings. The highest BCUT2D eigenvalue weighted by Crippen LogP contribution is 2.26. The van der Waals surface area contributed by atoms with Crippen LogP contribution in [0.2, 0.25) is 0 Å². The maximum Gasteiger partial charge on any atom is 0.264 e. The number of nitrogens with one attached hydrogen (secondary N) is 1. The van der Waals surface area contributed by atoms with Gasteiger partial charge in [0.05, 0.1) is 24.3 Å². The van der Waals surface area contributed by atoms with E-state index in [4.69, 9.17) is 9.47 Å². The largest absolute Gasteiger partial charge is 0.497 e. The lowest BCUT2D eigenvalue weighted by Crippen LogP contribution is -2.51. The Morgan fingerprint density at radius 3 is 2.08 bits per heavy atom. The van der Waals surface area contributed by atoms with E-state index in [-0.39, 0.29) is 17.3 Å². The van der Waals surface area contributed by atoms with Crippen molar-refractivity contribution in [3.8, 4) is 11.5 Å². The highest BCUT2D eigenvalue weighted by molar-refractivity contribution is 7.92. The van der Waals surface area contributed by atoms with Crippen molar-refractivity contribution >= 4 is 27.5 Å². The van der Waals surface area contributed by atoms with Crippen LogP contribution in [0.3, 0.4) is 0 Å². The van der Waals surface area contributed by atoms with Gasteiger partial charge in [-0.25, -0.2) is 8.42 Å². The summed E-state index contributed by atoms with van der Waals surface area (Å²) in [6, 6.07) is 20.8. The molecule has 3 rings (SSSR count). The summed E-state index contributed by atoms with van der Waals surface area (Å²) in [4.78, 5) is 28.0. The molecule has 10 heteroatoms.